The molecule has 0 aromatic heterocycles. The lowest BCUT2D eigenvalue weighted by molar-refractivity contribution is -0.141. The maximum absolute atomic E-state index is 14.7. The van der Waals surface area contributed by atoms with E-state index in [0.29, 0.717) is 6.54 Å². The molecule has 1 atom stereocenters. The third kappa shape index (κ3) is 8.21. The zero-order valence-electron chi connectivity index (χ0n) is 22.6. The van der Waals surface area contributed by atoms with E-state index in [-0.39, 0.29) is 29.3 Å². The number of aryl methyl sites for hydroxylation is 1. The number of benzene rings is 3. The molecule has 0 saturated heterocycles. The smallest absolute Gasteiger partial charge is 0.243 e. The molecule has 0 heterocycles. The van der Waals surface area contributed by atoms with E-state index in [1.54, 1.807) is 30.3 Å². The molecule has 7 nitrogen and oxygen atoms in total. The summed E-state index contributed by atoms with van der Waals surface area (Å²) in [6.07, 6.45) is 1.83. The number of carbonyl (C=O) groups is 2. The minimum absolute atomic E-state index is 0.0576. The van der Waals surface area contributed by atoms with Crippen molar-refractivity contribution in [2.75, 3.05) is 20.1 Å². The fraction of sp³-hybridized carbons (Fsp3) is 0.333. The summed E-state index contributed by atoms with van der Waals surface area (Å²) in [5, 5.41) is 2.90. The molecule has 3 rings (SSSR count). The summed E-state index contributed by atoms with van der Waals surface area (Å²) < 4.78 is 42.1. The Labute approximate surface area is 230 Å². The quantitative estimate of drug-likeness (QED) is 0.320. The highest BCUT2D eigenvalue weighted by Crippen LogP contribution is 2.19. The molecule has 3 aromatic carbocycles. The van der Waals surface area contributed by atoms with Gasteiger partial charge in [0.05, 0.1) is 11.4 Å². The van der Waals surface area contributed by atoms with Crippen molar-refractivity contribution >= 4 is 21.8 Å². The Morgan fingerprint density at radius 3 is 2.23 bits per heavy atom. The molecule has 0 aliphatic heterocycles. The van der Waals surface area contributed by atoms with Gasteiger partial charge in [-0.1, -0.05) is 79.6 Å². The van der Waals surface area contributed by atoms with Crippen molar-refractivity contribution in [1.29, 1.82) is 0 Å². The summed E-state index contributed by atoms with van der Waals surface area (Å²) in [7, 11) is -2.66. The lowest BCUT2D eigenvalue weighted by Crippen LogP contribution is -2.53. The molecule has 1 N–H and O–H groups in total. The van der Waals surface area contributed by atoms with E-state index in [1.807, 2.05) is 44.2 Å². The molecule has 9 heteroatoms. The monoisotopic (exact) mass is 553 g/mol. The number of amides is 2. The van der Waals surface area contributed by atoms with Gasteiger partial charge in [-0.25, -0.2) is 12.8 Å². The van der Waals surface area contributed by atoms with Gasteiger partial charge in [0.15, 0.2) is 0 Å². The number of rotatable bonds is 13. The largest absolute Gasteiger partial charge is 0.354 e. The molecule has 0 saturated carbocycles. The summed E-state index contributed by atoms with van der Waals surface area (Å²) >= 11 is 0. The van der Waals surface area contributed by atoms with Crippen LogP contribution in [0.3, 0.4) is 0 Å². The number of likely N-dealkylation sites (N-methyl/N-ethyl adjacent to an activating group) is 1. The van der Waals surface area contributed by atoms with Gasteiger partial charge in [-0.3, -0.25) is 9.59 Å². The van der Waals surface area contributed by atoms with E-state index < -0.39 is 34.3 Å². The van der Waals surface area contributed by atoms with Crippen molar-refractivity contribution in [1.82, 2.24) is 14.5 Å². The number of nitrogens with one attached hydrogen (secondary N) is 1. The first-order valence-corrected chi connectivity index (χ1v) is 14.4. The Morgan fingerprint density at radius 1 is 0.949 bits per heavy atom. The Morgan fingerprint density at radius 2 is 1.59 bits per heavy atom. The van der Waals surface area contributed by atoms with Crippen molar-refractivity contribution in [2.24, 2.45) is 0 Å². The van der Waals surface area contributed by atoms with Gasteiger partial charge in [0.1, 0.15) is 11.9 Å². The normalized spacial score (nSPS) is 12.2. The van der Waals surface area contributed by atoms with Crippen molar-refractivity contribution in [3.8, 4) is 0 Å². The Balaban J connectivity index is 1.96. The average Bonchev–Trinajstić information content (AvgIpc) is 2.92. The molecular formula is C30H36FN3O4S. The van der Waals surface area contributed by atoms with Crippen molar-refractivity contribution in [3.05, 3.63) is 101 Å². The van der Waals surface area contributed by atoms with Crippen LogP contribution in [-0.4, -0.2) is 55.6 Å². The number of sulfonamides is 1. The Kier molecular flexibility index (Phi) is 10.8. The SMILES string of the molecule is CCCCNC(=O)C(Cc1ccccc1)N(Cc1ccccc1F)C(=O)CN(C)S(=O)(=O)c1ccc(C)cc1. The van der Waals surface area contributed by atoms with Gasteiger partial charge >= 0.3 is 0 Å². The standard InChI is InChI=1S/C30H36FN3O4S/c1-4-5-19-32-30(36)28(20-24-11-7-6-8-12-24)34(21-25-13-9-10-14-27(25)31)29(35)22-33(3)39(37,38)26-17-15-23(2)16-18-26/h6-18,28H,4-5,19-22H2,1-3H3,(H,32,36). The fourth-order valence-corrected chi connectivity index (χ4v) is 5.25. The molecule has 208 valence electrons. The zero-order chi connectivity index (χ0) is 28.4. The van der Waals surface area contributed by atoms with Crippen molar-refractivity contribution < 1.29 is 22.4 Å². The molecule has 0 spiro atoms. The lowest BCUT2D eigenvalue weighted by atomic mass is 10.0. The molecule has 1 unspecified atom stereocenters. The van der Waals surface area contributed by atoms with Gasteiger partial charge in [0, 0.05) is 32.1 Å². The minimum atomic E-state index is -3.98. The van der Waals surface area contributed by atoms with Gasteiger partial charge < -0.3 is 10.2 Å². The first kappa shape index (κ1) is 30.0. The maximum atomic E-state index is 14.7. The van der Waals surface area contributed by atoms with Gasteiger partial charge in [-0.15, -0.1) is 0 Å². The number of nitrogens with zero attached hydrogens (tertiary/aromatic N) is 2. The zero-order valence-corrected chi connectivity index (χ0v) is 23.5. The highest BCUT2D eigenvalue weighted by molar-refractivity contribution is 7.89. The van der Waals surface area contributed by atoms with Crippen LogP contribution >= 0.6 is 0 Å². The molecule has 0 aliphatic rings. The minimum Gasteiger partial charge on any atom is -0.354 e. The summed E-state index contributed by atoms with van der Waals surface area (Å²) in [5.41, 5.74) is 1.95. The number of unbranched alkanes of at least 4 members (excludes halogenated alkanes) is 1. The molecule has 0 aliphatic carbocycles. The number of halogens is 1. The number of hydrogen-bond donors (Lipinski definition) is 1. The van der Waals surface area contributed by atoms with Crippen LogP contribution in [0.25, 0.3) is 0 Å². The predicted octanol–water partition coefficient (Wildman–Crippen LogP) is 4.31. The van der Waals surface area contributed by atoms with E-state index in [4.69, 9.17) is 0 Å². The van der Waals surface area contributed by atoms with Crippen LogP contribution < -0.4 is 5.32 Å². The number of carbonyl (C=O) groups excluding carboxylic acids is 2. The third-order valence-electron chi connectivity index (χ3n) is 6.49. The van der Waals surface area contributed by atoms with E-state index in [1.165, 1.54) is 30.1 Å². The molecule has 0 fully saturated rings. The molecule has 2 amide bonds. The molecule has 3 aromatic rings. The first-order chi connectivity index (χ1) is 18.6. The molecule has 0 radical (unpaired) electrons. The number of hydrogen-bond acceptors (Lipinski definition) is 4. The van der Waals surface area contributed by atoms with Crippen molar-refractivity contribution in [3.63, 3.8) is 0 Å². The second-order valence-corrected chi connectivity index (χ2v) is 11.6. The van der Waals surface area contributed by atoms with Gasteiger partial charge in [-0.05, 0) is 37.1 Å². The highest BCUT2D eigenvalue weighted by Gasteiger charge is 2.33. The molecule has 39 heavy (non-hydrogen) atoms. The van der Waals surface area contributed by atoms with Gasteiger partial charge in [0.25, 0.3) is 0 Å². The fourth-order valence-electron chi connectivity index (χ4n) is 4.13. The molecular weight excluding hydrogens is 517 g/mol. The second kappa shape index (κ2) is 14.0. The maximum Gasteiger partial charge on any atom is 0.243 e. The summed E-state index contributed by atoms with van der Waals surface area (Å²) in [5.74, 6) is -1.50. The Bertz CT molecular complexity index is 1350. The van der Waals surface area contributed by atoms with E-state index >= 15 is 0 Å². The van der Waals surface area contributed by atoms with Crippen LogP contribution in [0, 0.1) is 12.7 Å². The van der Waals surface area contributed by atoms with Crippen LogP contribution in [0.5, 0.6) is 0 Å². The van der Waals surface area contributed by atoms with Crippen LogP contribution in [0.4, 0.5) is 4.39 Å². The average molecular weight is 554 g/mol. The van der Waals surface area contributed by atoms with Gasteiger partial charge in [0.2, 0.25) is 21.8 Å². The van der Waals surface area contributed by atoms with E-state index in [0.717, 1.165) is 28.3 Å². The topological polar surface area (TPSA) is 86.8 Å². The molecule has 0 bridgehead atoms. The van der Waals surface area contributed by atoms with Gasteiger partial charge in [-0.2, -0.15) is 4.31 Å². The predicted molar refractivity (Wildman–Crippen MR) is 150 cm³/mol. The van der Waals surface area contributed by atoms with Crippen molar-refractivity contribution in [2.45, 2.75) is 50.6 Å². The first-order valence-electron chi connectivity index (χ1n) is 13.0. The van der Waals surface area contributed by atoms with E-state index in [9.17, 15) is 22.4 Å². The van der Waals surface area contributed by atoms with Crippen LogP contribution in [0.2, 0.25) is 0 Å². The highest BCUT2D eigenvalue weighted by atomic mass is 32.2. The summed E-state index contributed by atoms with van der Waals surface area (Å²) in [4.78, 5) is 28.6. The summed E-state index contributed by atoms with van der Waals surface area (Å²) in [6.45, 7) is 3.58. The lowest BCUT2D eigenvalue weighted by Gasteiger charge is -2.32. The summed E-state index contributed by atoms with van der Waals surface area (Å²) in [6, 6.07) is 20.7. The van der Waals surface area contributed by atoms with Crippen LogP contribution in [-0.2, 0) is 32.6 Å². The van der Waals surface area contributed by atoms with E-state index in [2.05, 4.69) is 5.32 Å². The van der Waals surface area contributed by atoms with Crippen LogP contribution in [0.1, 0.15) is 36.5 Å². The second-order valence-electron chi connectivity index (χ2n) is 9.54. The third-order valence-corrected chi connectivity index (χ3v) is 8.30. The Hall–Kier alpha value is -3.56. The van der Waals surface area contributed by atoms with Crippen LogP contribution in [0.15, 0.2) is 83.8 Å².